The summed E-state index contributed by atoms with van der Waals surface area (Å²) in [6, 6.07) is 48.5. The molecule has 0 saturated heterocycles. The highest BCUT2D eigenvalue weighted by Crippen LogP contribution is 2.33. The molecule has 9 rings (SSSR count). The number of nitrogens with zero attached hydrogens (tertiary/aromatic N) is 4. The number of benzene rings is 5. The number of para-hydroxylation sites is 1. The SMILES string of the molecule is c1ccc2cc3nc(-c4cc(-c5cnc6ccccc6c5)cc(-c5ccc6cc7ccccc7cc6n5)n4)ccc3cc2c1. The van der Waals surface area contributed by atoms with Crippen molar-refractivity contribution in [3.05, 3.63) is 146 Å². The molecule has 4 aromatic heterocycles. The summed E-state index contributed by atoms with van der Waals surface area (Å²) >= 11 is 0. The van der Waals surface area contributed by atoms with Crippen molar-refractivity contribution < 1.29 is 0 Å². The van der Waals surface area contributed by atoms with Crippen LogP contribution in [0.3, 0.4) is 0 Å². The van der Waals surface area contributed by atoms with E-state index in [2.05, 4.69) is 121 Å². The van der Waals surface area contributed by atoms with Gasteiger partial charge in [-0.3, -0.25) is 4.98 Å². The number of hydrogen-bond donors (Lipinski definition) is 0. The maximum absolute atomic E-state index is 5.15. The van der Waals surface area contributed by atoms with Gasteiger partial charge >= 0.3 is 0 Å². The third kappa shape index (κ3) is 4.24. The van der Waals surface area contributed by atoms with Crippen LogP contribution in [0, 0.1) is 0 Å². The Kier molecular flexibility index (Phi) is 5.47. The van der Waals surface area contributed by atoms with Crippen LogP contribution in [0.15, 0.2) is 146 Å². The zero-order valence-corrected chi connectivity index (χ0v) is 23.6. The molecule has 0 radical (unpaired) electrons. The standard InChI is InChI=1S/C40H24N4/c1-3-9-27-20-37-30(17-25(27)7-1)13-15-35(42-37)39-22-32(33-19-29-11-5-6-12-34(29)41-24-33)23-40(44-39)36-16-14-31-18-26-8-2-4-10-28(26)21-38(31)43-36/h1-24H. The van der Waals surface area contributed by atoms with Crippen LogP contribution in [-0.2, 0) is 0 Å². The lowest BCUT2D eigenvalue weighted by Gasteiger charge is -2.11. The van der Waals surface area contributed by atoms with Crippen LogP contribution in [0.4, 0.5) is 0 Å². The summed E-state index contributed by atoms with van der Waals surface area (Å²) in [5, 5.41) is 8.05. The number of fused-ring (bicyclic) bond motifs is 5. The minimum absolute atomic E-state index is 0.793. The van der Waals surface area contributed by atoms with Crippen molar-refractivity contribution in [1.29, 1.82) is 0 Å². The van der Waals surface area contributed by atoms with Crippen LogP contribution in [0.2, 0.25) is 0 Å². The summed E-state index contributed by atoms with van der Waals surface area (Å²) < 4.78 is 0. The molecule has 0 fully saturated rings. The second-order valence-corrected chi connectivity index (χ2v) is 11.2. The molecule has 0 aliphatic carbocycles. The van der Waals surface area contributed by atoms with E-state index in [4.69, 9.17) is 19.9 Å². The fraction of sp³-hybridized carbons (Fsp3) is 0. The van der Waals surface area contributed by atoms with Crippen molar-refractivity contribution >= 4 is 54.3 Å². The molecule has 4 heterocycles. The normalized spacial score (nSPS) is 11.6. The van der Waals surface area contributed by atoms with Gasteiger partial charge in [0.2, 0.25) is 0 Å². The Morgan fingerprint density at radius 2 is 0.773 bits per heavy atom. The molecule has 0 bridgehead atoms. The van der Waals surface area contributed by atoms with Crippen molar-refractivity contribution in [2.24, 2.45) is 0 Å². The molecule has 4 nitrogen and oxygen atoms in total. The molecular weight excluding hydrogens is 536 g/mol. The highest BCUT2D eigenvalue weighted by molar-refractivity contribution is 5.98. The van der Waals surface area contributed by atoms with E-state index in [9.17, 15) is 0 Å². The molecule has 5 aromatic carbocycles. The van der Waals surface area contributed by atoms with E-state index >= 15 is 0 Å². The maximum Gasteiger partial charge on any atom is 0.0900 e. The third-order valence-corrected chi connectivity index (χ3v) is 8.39. The van der Waals surface area contributed by atoms with Gasteiger partial charge in [0.05, 0.1) is 39.3 Å². The van der Waals surface area contributed by atoms with E-state index in [-0.39, 0.29) is 0 Å². The first kappa shape index (κ1) is 24.6. The van der Waals surface area contributed by atoms with Crippen molar-refractivity contribution in [3.8, 4) is 33.9 Å². The van der Waals surface area contributed by atoms with Gasteiger partial charge in [-0.2, -0.15) is 0 Å². The molecule has 44 heavy (non-hydrogen) atoms. The lowest BCUT2D eigenvalue weighted by atomic mass is 10.0. The quantitative estimate of drug-likeness (QED) is 0.202. The van der Waals surface area contributed by atoms with Gasteiger partial charge in [0.1, 0.15) is 0 Å². The number of hydrogen-bond acceptors (Lipinski definition) is 4. The molecular formula is C40H24N4. The molecule has 0 atom stereocenters. The molecule has 204 valence electrons. The maximum atomic E-state index is 5.15. The Hall–Kier alpha value is -6.00. The zero-order chi connectivity index (χ0) is 29.0. The second kappa shape index (κ2) is 9.79. The van der Waals surface area contributed by atoms with E-state index in [1.807, 2.05) is 24.4 Å². The van der Waals surface area contributed by atoms with Gasteiger partial charge in [-0.1, -0.05) is 78.9 Å². The zero-order valence-electron chi connectivity index (χ0n) is 23.6. The van der Waals surface area contributed by atoms with Crippen LogP contribution in [0.5, 0.6) is 0 Å². The second-order valence-electron chi connectivity index (χ2n) is 11.2. The van der Waals surface area contributed by atoms with Crippen molar-refractivity contribution in [2.45, 2.75) is 0 Å². The van der Waals surface area contributed by atoms with Gasteiger partial charge in [-0.15, -0.1) is 0 Å². The van der Waals surface area contributed by atoms with Gasteiger partial charge < -0.3 is 0 Å². The summed E-state index contributed by atoms with van der Waals surface area (Å²) in [5.74, 6) is 0. The summed E-state index contributed by atoms with van der Waals surface area (Å²) in [6.07, 6.45) is 1.94. The van der Waals surface area contributed by atoms with E-state index < -0.39 is 0 Å². The largest absolute Gasteiger partial charge is 0.256 e. The minimum Gasteiger partial charge on any atom is -0.256 e. The van der Waals surface area contributed by atoms with Crippen molar-refractivity contribution in [1.82, 2.24) is 19.9 Å². The van der Waals surface area contributed by atoms with Crippen LogP contribution in [0.25, 0.3) is 88.2 Å². The molecule has 9 aromatic rings. The molecule has 0 N–H and O–H groups in total. The molecule has 4 heteroatoms. The average molecular weight is 561 g/mol. The van der Waals surface area contributed by atoms with Gasteiger partial charge in [0, 0.05) is 27.9 Å². The fourth-order valence-corrected chi connectivity index (χ4v) is 6.10. The highest BCUT2D eigenvalue weighted by Gasteiger charge is 2.13. The summed E-state index contributed by atoms with van der Waals surface area (Å²) in [7, 11) is 0. The van der Waals surface area contributed by atoms with Crippen molar-refractivity contribution in [2.75, 3.05) is 0 Å². The minimum atomic E-state index is 0.793. The van der Waals surface area contributed by atoms with Crippen molar-refractivity contribution in [3.63, 3.8) is 0 Å². The Balaban J connectivity index is 1.24. The Morgan fingerprint density at radius 1 is 0.295 bits per heavy atom. The molecule has 0 amide bonds. The average Bonchev–Trinajstić information content (AvgIpc) is 3.09. The molecule has 0 aliphatic heterocycles. The van der Waals surface area contributed by atoms with Gasteiger partial charge in [-0.05, 0) is 87.8 Å². The lowest BCUT2D eigenvalue weighted by Crippen LogP contribution is -1.95. The molecule has 0 aliphatic rings. The first-order chi connectivity index (χ1) is 21.7. The summed E-state index contributed by atoms with van der Waals surface area (Å²) in [5.41, 5.74) is 8.11. The van der Waals surface area contributed by atoms with E-state index in [1.165, 1.54) is 21.5 Å². The number of pyridine rings is 4. The smallest absolute Gasteiger partial charge is 0.0900 e. The predicted octanol–water partition coefficient (Wildman–Crippen LogP) is 10.0. The topological polar surface area (TPSA) is 51.6 Å². The first-order valence-electron chi connectivity index (χ1n) is 14.7. The summed E-state index contributed by atoms with van der Waals surface area (Å²) in [6.45, 7) is 0. The molecule has 0 spiro atoms. The predicted molar refractivity (Wildman–Crippen MR) is 181 cm³/mol. The summed E-state index contributed by atoms with van der Waals surface area (Å²) in [4.78, 5) is 20.1. The number of rotatable bonds is 3. The Labute approximate surface area is 253 Å². The van der Waals surface area contributed by atoms with Gasteiger partial charge in [0.15, 0.2) is 0 Å². The van der Waals surface area contributed by atoms with E-state index in [0.717, 1.165) is 66.6 Å². The molecule has 0 unspecified atom stereocenters. The van der Waals surface area contributed by atoms with E-state index in [0.29, 0.717) is 0 Å². The van der Waals surface area contributed by atoms with Crippen LogP contribution in [0.1, 0.15) is 0 Å². The van der Waals surface area contributed by atoms with Gasteiger partial charge in [-0.25, -0.2) is 15.0 Å². The fourth-order valence-electron chi connectivity index (χ4n) is 6.10. The number of aromatic nitrogens is 4. The Bertz CT molecular complexity index is 2430. The van der Waals surface area contributed by atoms with Crippen LogP contribution in [-0.4, -0.2) is 19.9 Å². The lowest BCUT2D eigenvalue weighted by molar-refractivity contribution is 1.25. The third-order valence-electron chi connectivity index (χ3n) is 8.39. The van der Waals surface area contributed by atoms with Crippen LogP contribution < -0.4 is 0 Å². The highest BCUT2D eigenvalue weighted by atomic mass is 14.8. The first-order valence-corrected chi connectivity index (χ1v) is 14.7. The van der Waals surface area contributed by atoms with Crippen LogP contribution >= 0.6 is 0 Å². The van der Waals surface area contributed by atoms with E-state index in [1.54, 1.807) is 0 Å². The monoisotopic (exact) mass is 560 g/mol. The molecule has 0 saturated carbocycles. The van der Waals surface area contributed by atoms with Gasteiger partial charge in [0.25, 0.3) is 0 Å². The Morgan fingerprint density at radius 3 is 1.34 bits per heavy atom.